The lowest BCUT2D eigenvalue weighted by molar-refractivity contribution is 0.0501. The SMILES string of the molecule is COC1=CC(N)=CC(C(F)(F)P)C1. The summed E-state index contributed by atoms with van der Waals surface area (Å²) in [5.74, 6) is -0.399. The summed E-state index contributed by atoms with van der Waals surface area (Å²) in [6.07, 6.45) is 3.11. The molecular formula is C8H12F2NOP. The zero-order valence-corrected chi connectivity index (χ0v) is 8.41. The third-order valence-electron chi connectivity index (χ3n) is 1.90. The van der Waals surface area contributed by atoms with E-state index in [9.17, 15) is 8.78 Å². The number of alkyl halides is 2. The first kappa shape index (κ1) is 10.5. The van der Waals surface area contributed by atoms with Crippen molar-refractivity contribution >= 4 is 9.24 Å². The highest BCUT2D eigenvalue weighted by Gasteiger charge is 2.35. The van der Waals surface area contributed by atoms with Gasteiger partial charge in [-0.25, -0.2) is 8.78 Å². The molecule has 2 N–H and O–H groups in total. The maximum absolute atomic E-state index is 12.9. The largest absolute Gasteiger partial charge is 0.501 e. The van der Waals surface area contributed by atoms with Gasteiger partial charge in [-0.15, -0.1) is 0 Å². The molecular weight excluding hydrogens is 195 g/mol. The fourth-order valence-corrected chi connectivity index (χ4v) is 1.40. The van der Waals surface area contributed by atoms with Crippen molar-refractivity contribution in [1.82, 2.24) is 0 Å². The molecule has 1 aliphatic carbocycles. The fourth-order valence-electron chi connectivity index (χ4n) is 1.19. The summed E-state index contributed by atoms with van der Waals surface area (Å²) in [6.45, 7) is 0. The summed E-state index contributed by atoms with van der Waals surface area (Å²) in [7, 11) is 2.97. The van der Waals surface area contributed by atoms with Crippen LogP contribution in [0.1, 0.15) is 6.42 Å². The van der Waals surface area contributed by atoms with E-state index in [0.717, 1.165) is 0 Å². The van der Waals surface area contributed by atoms with E-state index in [1.165, 1.54) is 22.4 Å². The average Bonchev–Trinajstić information content (AvgIpc) is 2.01. The molecule has 0 heterocycles. The van der Waals surface area contributed by atoms with Crippen LogP contribution in [0.3, 0.4) is 0 Å². The first-order valence-electron chi connectivity index (χ1n) is 3.82. The number of hydrogen-bond acceptors (Lipinski definition) is 2. The van der Waals surface area contributed by atoms with Gasteiger partial charge in [0.1, 0.15) is 0 Å². The number of allylic oxidation sites excluding steroid dienone is 3. The first-order valence-corrected chi connectivity index (χ1v) is 4.39. The Morgan fingerprint density at radius 2 is 2.31 bits per heavy atom. The van der Waals surface area contributed by atoms with Crippen molar-refractivity contribution in [2.24, 2.45) is 11.7 Å². The number of halogens is 2. The number of rotatable bonds is 2. The molecule has 13 heavy (non-hydrogen) atoms. The van der Waals surface area contributed by atoms with E-state index in [1.54, 1.807) is 6.08 Å². The Morgan fingerprint density at radius 3 is 2.77 bits per heavy atom. The van der Waals surface area contributed by atoms with Gasteiger partial charge in [-0.1, -0.05) is 15.3 Å². The minimum absolute atomic E-state index is 0.188. The highest BCUT2D eigenvalue weighted by Crippen LogP contribution is 2.38. The zero-order valence-electron chi connectivity index (χ0n) is 7.26. The molecule has 0 aliphatic heterocycles. The third kappa shape index (κ3) is 2.66. The van der Waals surface area contributed by atoms with Crippen LogP contribution in [0.25, 0.3) is 0 Å². The monoisotopic (exact) mass is 207 g/mol. The topological polar surface area (TPSA) is 35.2 Å². The van der Waals surface area contributed by atoms with Crippen LogP contribution in [0, 0.1) is 5.92 Å². The summed E-state index contributed by atoms with van der Waals surface area (Å²) in [5.41, 5.74) is 2.95. The second kappa shape index (κ2) is 3.62. The molecule has 2 unspecified atom stereocenters. The van der Waals surface area contributed by atoms with Crippen molar-refractivity contribution in [2.45, 2.75) is 12.1 Å². The Hall–Kier alpha value is -0.630. The molecule has 0 aromatic heterocycles. The van der Waals surface area contributed by atoms with Gasteiger partial charge in [-0.2, -0.15) is 0 Å². The van der Waals surface area contributed by atoms with Crippen molar-refractivity contribution in [3.8, 4) is 0 Å². The van der Waals surface area contributed by atoms with Gasteiger partial charge in [0.25, 0.3) is 5.66 Å². The maximum atomic E-state index is 12.9. The Bertz CT molecular complexity index is 257. The van der Waals surface area contributed by atoms with Crippen LogP contribution < -0.4 is 5.73 Å². The lowest BCUT2D eigenvalue weighted by Gasteiger charge is -2.24. The number of nitrogens with two attached hydrogens (primary N) is 1. The van der Waals surface area contributed by atoms with E-state index in [0.29, 0.717) is 11.5 Å². The van der Waals surface area contributed by atoms with E-state index < -0.39 is 11.6 Å². The predicted octanol–water partition coefficient (Wildman–Crippen LogP) is 1.85. The molecule has 0 fully saturated rings. The molecule has 0 radical (unpaired) electrons. The third-order valence-corrected chi connectivity index (χ3v) is 2.33. The van der Waals surface area contributed by atoms with Crippen LogP contribution in [-0.2, 0) is 4.74 Å². The van der Waals surface area contributed by atoms with Crippen molar-refractivity contribution in [1.29, 1.82) is 0 Å². The summed E-state index contributed by atoms with van der Waals surface area (Å²) in [4.78, 5) is 0. The molecule has 1 aliphatic rings. The van der Waals surface area contributed by atoms with Gasteiger partial charge in [0.15, 0.2) is 0 Å². The summed E-state index contributed by atoms with van der Waals surface area (Å²) >= 11 is 0. The van der Waals surface area contributed by atoms with Crippen molar-refractivity contribution < 1.29 is 13.5 Å². The van der Waals surface area contributed by atoms with Gasteiger partial charge in [-0.3, -0.25) is 0 Å². The molecule has 74 valence electrons. The van der Waals surface area contributed by atoms with Crippen LogP contribution in [0.5, 0.6) is 0 Å². The van der Waals surface area contributed by atoms with E-state index in [2.05, 4.69) is 0 Å². The van der Waals surface area contributed by atoms with Crippen LogP contribution in [-0.4, -0.2) is 12.8 Å². The molecule has 0 amide bonds. The van der Waals surface area contributed by atoms with E-state index in [4.69, 9.17) is 10.5 Å². The first-order chi connectivity index (χ1) is 5.93. The Kier molecular flexibility index (Phi) is 2.91. The van der Waals surface area contributed by atoms with Crippen LogP contribution >= 0.6 is 9.24 Å². The van der Waals surface area contributed by atoms with Crippen molar-refractivity contribution in [3.05, 3.63) is 23.6 Å². The van der Waals surface area contributed by atoms with E-state index >= 15 is 0 Å². The standard InChI is InChI=1S/C8H12F2NOP/c1-12-7-3-5(8(9,10)13)2-6(11)4-7/h2,4-5H,3,11,13H2,1H3. The zero-order chi connectivity index (χ0) is 10.1. The van der Waals surface area contributed by atoms with Crippen molar-refractivity contribution in [2.75, 3.05) is 7.11 Å². The molecule has 0 spiro atoms. The molecule has 2 atom stereocenters. The summed E-state index contributed by atoms with van der Waals surface area (Å²) in [5, 5.41) is 0. The molecule has 0 bridgehead atoms. The van der Waals surface area contributed by atoms with Crippen molar-refractivity contribution in [3.63, 3.8) is 0 Å². The molecule has 1 rings (SSSR count). The van der Waals surface area contributed by atoms with Gasteiger partial charge < -0.3 is 10.5 Å². The Labute approximate surface area is 78.0 Å². The normalized spacial score (nSPS) is 23.5. The molecule has 0 aromatic carbocycles. The van der Waals surface area contributed by atoms with Crippen LogP contribution in [0.15, 0.2) is 23.6 Å². The van der Waals surface area contributed by atoms with Gasteiger partial charge >= 0.3 is 0 Å². The summed E-state index contributed by atoms with van der Waals surface area (Å²) < 4.78 is 30.6. The average molecular weight is 207 g/mol. The molecule has 0 saturated heterocycles. The van der Waals surface area contributed by atoms with E-state index in [1.807, 2.05) is 0 Å². The highest BCUT2D eigenvalue weighted by molar-refractivity contribution is 7.18. The molecule has 0 saturated carbocycles. The van der Waals surface area contributed by atoms with Gasteiger partial charge in [0, 0.05) is 12.1 Å². The quantitative estimate of drug-likeness (QED) is 0.701. The molecule has 0 aromatic rings. The Morgan fingerprint density at radius 1 is 1.69 bits per heavy atom. The number of ether oxygens (including phenoxy) is 1. The molecule has 5 heteroatoms. The smallest absolute Gasteiger partial charge is 0.265 e. The number of hydrogen-bond donors (Lipinski definition) is 1. The Balaban J connectivity index is 2.81. The predicted molar refractivity (Wildman–Crippen MR) is 50.1 cm³/mol. The van der Waals surface area contributed by atoms with E-state index in [-0.39, 0.29) is 6.42 Å². The maximum Gasteiger partial charge on any atom is 0.265 e. The van der Waals surface area contributed by atoms with Gasteiger partial charge in [0.05, 0.1) is 18.8 Å². The van der Waals surface area contributed by atoms with Gasteiger partial charge in [-0.05, 0) is 6.08 Å². The van der Waals surface area contributed by atoms with Gasteiger partial charge in [0.2, 0.25) is 0 Å². The highest BCUT2D eigenvalue weighted by atomic mass is 31.0. The minimum Gasteiger partial charge on any atom is -0.501 e. The lowest BCUT2D eigenvalue weighted by atomic mass is 9.98. The fraction of sp³-hybridized carbons (Fsp3) is 0.500. The van der Waals surface area contributed by atoms with Crippen LogP contribution in [0.2, 0.25) is 0 Å². The minimum atomic E-state index is -2.83. The summed E-state index contributed by atoms with van der Waals surface area (Å²) in [6, 6.07) is 0. The second-order valence-electron chi connectivity index (χ2n) is 2.97. The van der Waals surface area contributed by atoms with Crippen LogP contribution in [0.4, 0.5) is 8.78 Å². The lowest BCUT2D eigenvalue weighted by Crippen LogP contribution is -2.23. The second-order valence-corrected chi connectivity index (χ2v) is 3.74. The number of methoxy groups -OCH3 is 1. The molecule has 2 nitrogen and oxygen atoms in total.